The number of para-hydroxylation sites is 1. The highest BCUT2D eigenvalue weighted by molar-refractivity contribution is 7.13. The first-order chi connectivity index (χ1) is 15.7. The number of benzene rings is 1. The number of rotatable bonds is 10. The van der Waals surface area contributed by atoms with Crippen LogP contribution < -0.4 is 10.2 Å². The highest BCUT2D eigenvalue weighted by atomic mass is 32.1. The molecule has 1 N–H and O–H groups in total. The zero-order valence-corrected chi connectivity index (χ0v) is 19.4. The minimum absolute atomic E-state index is 0.0798. The third-order valence-electron chi connectivity index (χ3n) is 5.58. The summed E-state index contributed by atoms with van der Waals surface area (Å²) in [5.41, 5.74) is 0.928. The van der Waals surface area contributed by atoms with Crippen LogP contribution in [0.4, 0.5) is 5.82 Å². The number of ether oxygens (including phenoxy) is 1. The number of carbonyl (C=O) groups excluding carboxylic acids is 1. The number of nitrogens with zero attached hydrogens (tertiary/aromatic N) is 4. The first kappa shape index (κ1) is 22.6. The van der Waals surface area contributed by atoms with Gasteiger partial charge in [-0.05, 0) is 30.0 Å². The lowest BCUT2D eigenvalue weighted by Crippen LogP contribution is -2.41. The zero-order chi connectivity index (χ0) is 22.2. The fourth-order valence-electron chi connectivity index (χ4n) is 3.91. The second-order valence-corrected chi connectivity index (χ2v) is 8.85. The van der Waals surface area contributed by atoms with Gasteiger partial charge in [0.15, 0.2) is 5.82 Å². The molecule has 1 saturated heterocycles. The van der Waals surface area contributed by atoms with Gasteiger partial charge in [0, 0.05) is 51.1 Å². The lowest BCUT2D eigenvalue weighted by Gasteiger charge is -2.27. The number of morpholine rings is 1. The van der Waals surface area contributed by atoms with Crippen LogP contribution in [-0.4, -0.2) is 73.3 Å². The van der Waals surface area contributed by atoms with Gasteiger partial charge in [-0.3, -0.25) is 9.69 Å². The van der Waals surface area contributed by atoms with E-state index in [-0.39, 0.29) is 5.91 Å². The molecular formula is C24H31N5O2S. The van der Waals surface area contributed by atoms with Crippen molar-refractivity contribution in [1.82, 2.24) is 20.2 Å². The van der Waals surface area contributed by atoms with E-state index in [0.29, 0.717) is 19.5 Å². The highest BCUT2D eigenvalue weighted by Gasteiger charge is 2.17. The van der Waals surface area contributed by atoms with Crippen LogP contribution in [0.1, 0.15) is 19.8 Å². The number of thiophene rings is 1. The number of anilines is 1. The predicted octanol–water partition coefficient (Wildman–Crippen LogP) is 3.41. The topological polar surface area (TPSA) is 70.6 Å². The number of hydrogen-bond donors (Lipinski definition) is 1. The number of nitrogens with one attached hydrogen (secondary N) is 1. The van der Waals surface area contributed by atoms with Crippen LogP contribution in [0.25, 0.3) is 21.6 Å². The van der Waals surface area contributed by atoms with Crippen molar-refractivity contribution in [2.45, 2.75) is 19.8 Å². The van der Waals surface area contributed by atoms with Crippen LogP contribution in [0.3, 0.4) is 0 Å². The SMILES string of the molecule is CCCN(CCC(=O)NCCN1CCOCC1)c1nc(-c2cccs2)nc2ccccc12. The zero-order valence-electron chi connectivity index (χ0n) is 18.6. The monoisotopic (exact) mass is 453 g/mol. The molecule has 0 unspecified atom stereocenters. The number of amides is 1. The number of fused-ring (bicyclic) bond motifs is 1. The van der Waals surface area contributed by atoms with Gasteiger partial charge < -0.3 is 15.0 Å². The van der Waals surface area contributed by atoms with Crippen molar-refractivity contribution < 1.29 is 9.53 Å². The summed E-state index contributed by atoms with van der Waals surface area (Å²) in [5.74, 6) is 1.72. The van der Waals surface area contributed by atoms with E-state index < -0.39 is 0 Å². The van der Waals surface area contributed by atoms with Gasteiger partial charge in [-0.1, -0.05) is 25.1 Å². The van der Waals surface area contributed by atoms with Gasteiger partial charge in [0.2, 0.25) is 5.91 Å². The molecule has 1 aliphatic rings. The summed E-state index contributed by atoms with van der Waals surface area (Å²) in [6, 6.07) is 12.2. The van der Waals surface area contributed by atoms with E-state index in [1.54, 1.807) is 11.3 Å². The molecule has 1 aliphatic heterocycles. The Morgan fingerprint density at radius 1 is 1.16 bits per heavy atom. The minimum atomic E-state index is 0.0798. The molecule has 3 aromatic rings. The van der Waals surface area contributed by atoms with Gasteiger partial charge in [-0.25, -0.2) is 9.97 Å². The fourth-order valence-corrected chi connectivity index (χ4v) is 4.57. The third kappa shape index (κ3) is 5.82. The Labute approximate surface area is 193 Å². The molecule has 0 aliphatic carbocycles. The maximum atomic E-state index is 12.5. The average Bonchev–Trinajstić information content (AvgIpc) is 3.37. The molecule has 4 rings (SSSR count). The van der Waals surface area contributed by atoms with Gasteiger partial charge >= 0.3 is 0 Å². The molecule has 3 heterocycles. The molecule has 1 aromatic carbocycles. The van der Waals surface area contributed by atoms with Crippen molar-refractivity contribution in [3.8, 4) is 10.7 Å². The number of aromatic nitrogens is 2. The quantitative estimate of drug-likeness (QED) is 0.507. The molecule has 2 aromatic heterocycles. The highest BCUT2D eigenvalue weighted by Crippen LogP contribution is 2.29. The summed E-state index contributed by atoms with van der Waals surface area (Å²) in [5, 5.41) is 6.13. The van der Waals surface area contributed by atoms with E-state index in [9.17, 15) is 4.79 Å². The van der Waals surface area contributed by atoms with Crippen LogP contribution in [0, 0.1) is 0 Å². The Bertz CT molecular complexity index is 1000. The normalized spacial score (nSPS) is 14.5. The van der Waals surface area contributed by atoms with Crippen LogP contribution in [0.15, 0.2) is 41.8 Å². The molecule has 1 amide bonds. The molecule has 0 saturated carbocycles. The standard InChI is InChI=1S/C24H31N5O2S/c1-2-11-29(12-9-22(30)25-10-13-28-14-16-31-17-15-28)24-19-6-3-4-7-20(19)26-23(27-24)21-8-5-18-32-21/h3-8,18H,2,9-17H2,1H3,(H,25,30). The maximum Gasteiger partial charge on any atom is 0.221 e. The van der Waals surface area contributed by atoms with E-state index in [2.05, 4.69) is 28.1 Å². The molecule has 1 fully saturated rings. The molecule has 170 valence electrons. The van der Waals surface area contributed by atoms with Crippen LogP contribution in [0.2, 0.25) is 0 Å². The van der Waals surface area contributed by atoms with Crippen molar-refractivity contribution >= 4 is 34.0 Å². The summed E-state index contributed by atoms with van der Waals surface area (Å²) < 4.78 is 5.38. The average molecular weight is 454 g/mol. The second kappa shape index (κ2) is 11.4. The van der Waals surface area contributed by atoms with Crippen molar-refractivity contribution in [3.63, 3.8) is 0 Å². The first-order valence-electron chi connectivity index (χ1n) is 11.4. The lowest BCUT2D eigenvalue weighted by molar-refractivity contribution is -0.121. The lowest BCUT2D eigenvalue weighted by atomic mass is 10.2. The van der Waals surface area contributed by atoms with Gasteiger partial charge in [0.1, 0.15) is 5.82 Å². The van der Waals surface area contributed by atoms with Crippen LogP contribution in [-0.2, 0) is 9.53 Å². The summed E-state index contributed by atoms with van der Waals surface area (Å²) in [6.45, 7) is 8.59. The van der Waals surface area contributed by atoms with E-state index in [1.165, 1.54) is 0 Å². The first-order valence-corrected chi connectivity index (χ1v) is 12.2. The second-order valence-electron chi connectivity index (χ2n) is 7.91. The smallest absolute Gasteiger partial charge is 0.221 e. The largest absolute Gasteiger partial charge is 0.379 e. The molecule has 8 heteroatoms. The Balaban J connectivity index is 1.44. The fraction of sp³-hybridized carbons (Fsp3) is 0.458. The molecular weight excluding hydrogens is 422 g/mol. The molecule has 0 spiro atoms. The van der Waals surface area contributed by atoms with Crippen molar-refractivity contribution in [3.05, 3.63) is 41.8 Å². The molecule has 7 nitrogen and oxygen atoms in total. The molecule has 32 heavy (non-hydrogen) atoms. The summed E-state index contributed by atoms with van der Waals surface area (Å²) in [4.78, 5) is 27.9. The summed E-state index contributed by atoms with van der Waals surface area (Å²) in [7, 11) is 0. The summed E-state index contributed by atoms with van der Waals surface area (Å²) >= 11 is 1.64. The molecule has 0 radical (unpaired) electrons. The molecule has 0 atom stereocenters. The van der Waals surface area contributed by atoms with Gasteiger partial charge in [-0.15, -0.1) is 11.3 Å². The number of hydrogen-bond acceptors (Lipinski definition) is 7. The summed E-state index contributed by atoms with van der Waals surface area (Å²) in [6.07, 6.45) is 1.42. The van der Waals surface area contributed by atoms with Gasteiger partial charge in [0.25, 0.3) is 0 Å². The van der Waals surface area contributed by atoms with E-state index in [4.69, 9.17) is 14.7 Å². The minimum Gasteiger partial charge on any atom is -0.379 e. The van der Waals surface area contributed by atoms with Crippen LogP contribution >= 0.6 is 11.3 Å². The van der Waals surface area contributed by atoms with E-state index >= 15 is 0 Å². The van der Waals surface area contributed by atoms with Crippen molar-refractivity contribution in [1.29, 1.82) is 0 Å². The van der Waals surface area contributed by atoms with Crippen LogP contribution in [0.5, 0.6) is 0 Å². The Morgan fingerprint density at radius 3 is 2.78 bits per heavy atom. The Hall–Kier alpha value is -2.55. The van der Waals surface area contributed by atoms with E-state index in [0.717, 1.165) is 73.2 Å². The van der Waals surface area contributed by atoms with Gasteiger partial charge in [-0.2, -0.15) is 0 Å². The number of carbonyl (C=O) groups is 1. The predicted molar refractivity (Wildman–Crippen MR) is 130 cm³/mol. The Kier molecular flexibility index (Phi) is 8.03. The third-order valence-corrected chi connectivity index (χ3v) is 6.45. The van der Waals surface area contributed by atoms with Crippen molar-refractivity contribution in [2.75, 3.05) is 57.4 Å². The van der Waals surface area contributed by atoms with Crippen molar-refractivity contribution in [2.24, 2.45) is 0 Å². The van der Waals surface area contributed by atoms with Gasteiger partial charge in [0.05, 0.1) is 23.6 Å². The van der Waals surface area contributed by atoms with E-state index in [1.807, 2.05) is 35.7 Å². The Morgan fingerprint density at radius 2 is 2.00 bits per heavy atom. The maximum absolute atomic E-state index is 12.5. The molecule has 0 bridgehead atoms.